The first kappa shape index (κ1) is 20.1. The fourth-order valence-electron chi connectivity index (χ4n) is 1.96. The van der Waals surface area contributed by atoms with Crippen LogP contribution >= 0.6 is 11.6 Å². The van der Waals surface area contributed by atoms with Gasteiger partial charge in [-0.3, -0.25) is 9.79 Å². The number of hydrogen-bond acceptors (Lipinski definition) is 2. The number of carbonyl (C=O) groups is 1. The average molecular weight is 365 g/mol. The number of benzene rings is 1. The van der Waals surface area contributed by atoms with Gasteiger partial charge in [-0.15, -0.1) is 0 Å². The van der Waals surface area contributed by atoms with E-state index in [1.165, 1.54) is 7.05 Å². The van der Waals surface area contributed by atoms with Crippen LogP contribution < -0.4 is 10.6 Å². The van der Waals surface area contributed by atoms with Crippen LogP contribution in [0.3, 0.4) is 0 Å². The maximum atomic E-state index is 12.3. The van der Waals surface area contributed by atoms with Gasteiger partial charge in [0, 0.05) is 19.1 Å². The maximum absolute atomic E-state index is 12.3. The lowest BCUT2D eigenvalue weighted by Crippen LogP contribution is -2.46. The van der Waals surface area contributed by atoms with Gasteiger partial charge >= 0.3 is 6.18 Å². The Hall–Kier alpha value is -1.96. The van der Waals surface area contributed by atoms with Crippen LogP contribution in [0.25, 0.3) is 0 Å². The molecule has 2 N–H and O–H groups in total. The summed E-state index contributed by atoms with van der Waals surface area (Å²) in [7, 11) is 2.60. The molecule has 1 aromatic carbocycles. The van der Waals surface area contributed by atoms with Crippen LogP contribution in [0.1, 0.15) is 18.5 Å². The predicted molar refractivity (Wildman–Crippen MR) is 88.1 cm³/mol. The third kappa shape index (κ3) is 6.66. The Morgan fingerprint density at radius 2 is 2.00 bits per heavy atom. The molecule has 134 valence electrons. The van der Waals surface area contributed by atoms with E-state index in [0.29, 0.717) is 9.92 Å². The molecule has 0 saturated heterocycles. The number of aliphatic imine (C=N–C) groups is 1. The summed E-state index contributed by atoms with van der Waals surface area (Å²) < 4.78 is 36.8. The molecule has 24 heavy (non-hydrogen) atoms. The fourth-order valence-corrected chi connectivity index (χ4v) is 2.25. The SMILES string of the molecule is CN=C(NCC(=O)N(C)CC(F)(F)F)NC(C)c1ccccc1Cl. The minimum absolute atomic E-state index is 0.201. The summed E-state index contributed by atoms with van der Waals surface area (Å²) in [4.78, 5) is 16.3. The highest BCUT2D eigenvalue weighted by molar-refractivity contribution is 6.31. The first-order chi connectivity index (χ1) is 11.1. The summed E-state index contributed by atoms with van der Waals surface area (Å²) in [5.41, 5.74) is 0.836. The van der Waals surface area contributed by atoms with E-state index in [-0.39, 0.29) is 18.5 Å². The highest BCUT2D eigenvalue weighted by Crippen LogP contribution is 2.21. The van der Waals surface area contributed by atoms with Crippen molar-refractivity contribution in [2.75, 3.05) is 27.2 Å². The van der Waals surface area contributed by atoms with Crippen molar-refractivity contribution in [1.82, 2.24) is 15.5 Å². The number of carbonyl (C=O) groups excluding carboxylic acids is 1. The van der Waals surface area contributed by atoms with E-state index in [0.717, 1.165) is 12.6 Å². The zero-order valence-corrected chi connectivity index (χ0v) is 14.4. The summed E-state index contributed by atoms with van der Waals surface area (Å²) >= 11 is 6.11. The molecule has 1 unspecified atom stereocenters. The summed E-state index contributed by atoms with van der Waals surface area (Å²) in [6.07, 6.45) is -4.43. The molecule has 1 amide bonds. The molecule has 0 aliphatic carbocycles. The van der Waals surface area contributed by atoms with E-state index in [4.69, 9.17) is 11.6 Å². The molecule has 0 fully saturated rings. The van der Waals surface area contributed by atoms with E-state index < -0.39 is 18.6 Å². The van der Waals surface area contributed by atoms with Crippen molar-refractivity contribution in [2.45, 2.75) is 19.1 Å². The second kappa shape index (κ2) is 8.77. The second-order valence-corrected chi connectivity index (χ2v) is 5.59. The summed E-state index contributed by atoms with van der Waals surface area (Å²) in [6.45, 7) is 0.253. The van der Waals surface area contributed by atoms with Crippen molar-refractivity contribution >= 4 is 23.5 Å². The first-order valence-corrected chi connectivity index (χ1v) is 7.54. The van der Waals surface area contributed by atoms with Crippen molar-refractivity contribution in [3.05, 3.63) is 34.9 Å². The monoisotopic (exact) mass is 364 g/mol. The second-order valence-electron chi connectivity index (χ2n) is 5.18. The largest absolute Gasteiger partial charge is 0.406 e. The summed E-state index contributed by atoms with van der Waals surface area (Å²) in [6, 6.07) is 7.04. The Bertz CT molecular complexity index is 592. The molecule has 0 aliphatic rings. The van der Waals surface area contributed by atoms with Gasteiger partial charge in [0.05, 0.1) is 12.6 Å². The third-order valence-electron chi connectivity index (χ3n) is 3.20. The predicted octanol–water partition coefficient (Wildman–Crippen LogP) is 2.59. The van der Waals surface area contributed by atoms with Crippen LogP contribution in [0.15, 0.2) is 29.3 Å². The lowest BCUT2D eigenvalue weighted by Gasteiger charge is -2.21. The van der Waals surface area contributed by atoms with Crippen LogP contribution in [0.5, 0.6) is 0 Å². The van der Waals surface area contributed by atoms with Gasteiger partial charge < -0.3 is 15.5 Å². The molecule has 0 radical (unpaired) electrons. The Morgan fingerprint density at radius 3 is 2.54 bits per heavy atom. The van der Waals surface area contributed by atoms with E-state index >= 15 is 0 Å². The van der Waals surface area contributed by atoms with Crippen LogP contribution in [-0.4, -0.2) is 50.1 Å². The quantitative estimate of drug-likeness (QED) is 0.623. The Balaban J connectivity index is 2.57. The number of likely N-dealkylation sites (N-methyl/N-ethyl adjacent to an activating group) is 1. The molecular formula is C15H20ClF3N4O. The average Bonchev–Trinajstić information content (AvgIpc) is 2.49. The van der Waals surface area contributed by atoms with Gasteiger partial charge in [0.1, 0.15) is 6.54 Å². The lowest BCUT2D eigenvalue weighted by atomic mass is 10.1. The van der Waals surface area contributed by atoms with E-state index in [1.54, 1.807) is 12.1 Å². The van der Waals surface area contributed by atoms with Gasteiger partial charge in [0.15, 0.2) is 5.96 Å². The normalized spacial score (nSPS) is 13.4. The Labute approximate surface area is 143 Å². The summed E-state index contributed by atoms with van der Waals surface area (Å²) in [5.74, 6) is -0.406. The Morgan fingerprint density at radius 1 is 1.38 bits per heavy atom. The topological polar surface area (TPSA) is 56.7 Å². The van der Waals surface area contributed by atoms with Crippen LogP contribution in [0, 0.1) is 0 Å². The lowest BCUT2D eigenvalue weighted by molar-refractivity contribution is -0.157. The fraction of sp³-hybridized carbons (Fsp3) is 0.467. The molecule has 1 rings (SSSR count). The number of guanidine groups is 1. The highest BCUT2D eigenvalue weighted by atomic mass is 35.5. The molecule has 0 aromatic heterocycles. The zero-order chi connectivity index (χ0) is 18.3. The molecule has 1 aromatic rings. The summed E-state index contributed by atoms with van der Waals surface area (Å²) in [5, 5.41) is 6.30. The van der Waals surface area contributed by atoms with E-state index in [1.807, 2.05) is 19.1 Å². The number of halogens is 4. The zero-order valence-electron chi connectivity index (χ0n) is 13.6. The minimum atomic E-state index is -4.43. The van der Waals surface area contributed by atoms with Crippen molar-refractivity contribution in [1.29, 1.82) is 0 Å². The molecule has 0 heterocycles. The van der Waals surface area contributed by atoms with Crippen molar-refractivity contribution < 1.29 is 18.0 Å². The molecule has 1 atom stereocenters. The molecule has 0 saturated carbocycles. The Kier molecular flexibility index (Phi) is 7.34. The molecule has 0 spiro atoms. The van der Waals surface area contributed by atoms with Gasteiger partial charge in [0.25, 0.3) is 0 Å². The van der Waals surface area contributed by atoms with Gasteiger partial charge in [-0.05, 0) is 18.6 Å². The molecule has 0 bridgehead atoms. The van der Waals surface area contributed by atoms with Crippen molar-refractivity contribution in [2.24, 2.45) is 4.99 Å². The molecule has 0 aliphatic heterocycles. The smallest absolute Gasteiger partial charge is 0.350 e. The first-order valence-electron chi connectivity index (χ1n) is 7.16. The van der Waals surface area contributed by atoms with Crippen LogP contribution in [0.4, 0.5) is 13.2 Å². The maximum Gasteiger partial charge on any atom is 0.406 e. The number of hydrogen-bond donors (Lipinski definition) is 2. The van der Waals surface area contributed by atoms with Gasteiger partial charge in [-0.25, -0.2) is 0 Å². The highest BCUT2D eigenvalue weighted by Gasteiger charge is 2.31. The van der Waals surface area contributed by atoms with E-state index in [2.05, 4.69) is 15.6 Å². The van der Waals surface area contributed by atoms with Crippen LogP contribution in [0.2, 0.25) is 5.02 Å². The third-order valence-corrected chi connectivity index (χ3v) is 3.54. The van der Waals surface area contributed by atoms with Gasteiger partial charge in [0.2, 0.25) is 5.91 Å². The molecule has 9 heteroatoms. The number of nitrogens with one attached hydrogen (secondary N) is 2. The van der Waals surface area contributed by atoms with Crippen LogP contribution in [-0.2, 0) is 4.79 Å². The van der Waals surface area contributed by atoms with Crippen molar-refractivity contribution in [3.63, 3.8) is 0 Å². The number of nitrogens with zero attached hydrogens (tertiary/aromatic N) is 2. The number of alkyl halides is 3. The number of rotatable bonds is 5. The van der Waals surface area contributed by atoms with Crippen molar-refractivity contribution in [3.8, 4) is 0 Å². The van der Waals surface area contributed by atoms with E-state index in [9.17, 15) is 18.0 Å². The number of amides is 1. The standard InChI is InChI=1S/C15H20ClF3N4O/c1-10(11-6-4-5-7-12(11)16)22-14(20-2)21-8-13(24)23(3)9-15(17,18)19/h4-7,10H,8-9H2,1-3H3,(H2,20,21,22). The van der Waals surface area contributed by atoms with Gasteiger partial charge in [-0.1, -0.05) is 29.8 Å². The van der Waals surface area contributed by atoms with Gasteiger partial charge in [-0.2, -0.15) is 13.2 Å². The minimum Gasteiger partial charge on any atom is -0.350 e. The molecule has 5 nitrogen and oxygen atoms in total. The molecular weight excluding hydrogens is 345 g/mol.